The van der Waals surface area contributed by atoms with Gasteiger partial charge in [-0.05, 0) is 37.5 Å². The Morgan fingerprint density at radius 2 is 2.11 bits per heavy atom. The number of nitrogens with two attached hydrogens (primary N) is 1. The number of hydrogen-bond acceptors (Lipinski definition) is 4. The predicted molar refractivity (Wildman–Crippen MR) is 72.2 cm³/mol. The molecule has 0 aliphatic heterocycles. The highest BCUT2D eigenvalue weighted by Crippen LogP contribution is 2.25. The number of aryl methyl sites for hydroxylation is 1. The van der Waals surface area contributed by atoms with E-state index in [4.69, 9.17) is 5.73 Å². The van der Waals surface area contributed by atoms with Crippen LogP contribution in [0.15, 0.2) is 23.1 Å². The molecule has 0 unspecified atom stereocenters. The molecular weight excluding hydrogens is 266 g/mol. The van der Waals surface area contributed by atoms with Crippen LogP contribution in [0.4, 0.5) is 5.69 Å². The molecule has 1 aliphatic rings. The highest BCUT2D eigenvalue weighted by molar-refractivity contribution is 7.89. The molecule has 0 atom stereocenters. The molecule has 1 saturated carbocycles. The van der Waals surface area contributed by atoms with E-state index in [0.29, 0.717) is 11.3 Å². The van der Waals surface area contributed by atoms with Crippen LogP contribution in [0, 0.1) is 6.92 Å². The summed E-state index contributed by atoms with van der Waals surface area (Å²) in [5, 5.41) is 2.54. The lowest BCUT2D eigenvalue weighted by Gasteiger charge is -2.11. The molecule has 1 aliphatic carbocycles. The van der Waals surface area contributed by atoms with Gasteiger partial charge in [0, 0.05) is 11.7 Å². The number of amides is 1. The van der Waals surface area contributed by atoms with Gasteiger partial charge in [-0.25, -0.2) is 13.1 Å². The van der Waals surface area contributed by atoms with Crippen molar-refractivity contribution >= 4 is 21.6 Å². The van der Waals surface area contributed by atoms with Crippen LogP contribution in [0.5, 0.6) is 0 Å². The van der Waals surface area contributed by atoms with E-state index in [-0.39, 0.29) is 23.4 Å². The van der Waals surface area contributed by atoms with E-state index in [0.717, 1.165) is 12.8 Å². The highest BCUT2D eigenvalue weighted by Gasteiger charge is 2.28. The first-order valence-electron chi connectivity index (χ1n) is 6.05. The Bertz CT molecular complexity index is 594. The van der Waals surface area contributed by atoms with Gasteiger partial charge in [-0.1, -0.05) is 6.07 Å². The van der Waals surface area contributed by atoms with Crippen molar-refractivity contribution in [2.45, 2.75) is 30.7 Å². The van der Waals surface area contributed by atoms with Gasteiger partial charge in [-0.15, -0.1) is 0 Å². The van der Waals surface area contributed by atoms with Crippen molar-refractivity contribution in [1.29, 1.82) is 0 Å². The molecule has 19 heavy (non-hydrogen) atoms. The molecule has 0 bridgehead atoms. The third-order valence-electron chi connectivity index (χ3n) is 2.85. The number of carbonyl (C=O) groups excluding carboxylic acids is 1. The summed E-state index contributed by atoms with van der Waals surface area (Å²) in [6.07, 6.45) is 1.75. The van der Waals surface area contributed by atoms with Gasteiger partial charge >= 0.3 is 0 Å². The topological polar surface area (TPSA) is 101 Å². The molecule has 0 aromatic heterocycles. The van der Waals surface area contributed by atoms with Crippen LogP contribution in [0.1, 0.15) is 18.4 Å². The second-order valence-electron chi connectivity index (χ2n) is 4.63. The zero-order chi connectivity index (χ0) is 14.0. The molecule has 1 aromatic carbocycles. The van der Waals surface area contributed by atoms with E-state index in [9.17, 15) is 13.2 Å². The van der Waals surface area contributed by atoms with Crippen LogP contribution < -0.4 is 15.8 Å². The summed E-state index contributed by atoms with van der Waals surface area (Å²) >= 11 is 0. The average molecular weight is 283 g/mol. The summed E-state index contributed by atoms with van der Waals surface area (Å²) in [6.45, 7) is 1.58. The molecule has 0 radical (unpaired) electrons. The Balaban J connectivity index is 2.28. The normalized spacial score (nSPS) is 15.3. The van der Waals surface area contributed by atoms with E-state index in [1.165, 1.54) is 6.07 Å². The number of benzene rings is 1. The molecule has 6 nitrogen and oxygen atoms in total. The number of anilines is 1. The molecule has 1 amide bonds. The standard InChI is InChI=1S/C12H17N3O3S/c1-8-2-3-10(14-12(16)7-13)6-11(8)19(17,18)15-9-4-5-9/h2-3,6,9,15H,4-5,7,13H2,1H3,(H,14,16). The molecule has 0 heterocycles. The van der Waals surface area contributed by atoms with Crippen molar-refractivity contribution < 1.29 is 13.2 Å². The smallest absolute Gasteiger partial charge is 0.241 e. The van der Waals surface area contributed by atoms with E-state index >= 15 is 0 Å². The predicted octanol–water partition coefficient (Wildman–Crippen LogP) is 0.333. The van der Waals surface area contributed by atoms with Gasteiger partial charge in [0.15, 0.2) is 0 Å². The second-order valence-corrected chi connectivity index (χ2v) is 6.31. The molecule has 0 spiro atoms. The van der Waals surface area contributed by atoms with Crippen molar-refractivity contribution in [2.24, 2.45) is 5.73 Å². The van der Waals surface area contributed by atoms with Gasteiger partial charge in [0.1, 0.15) is 0 Å². The van der Waals surface area contributed by atoms with Gasteiger partial charge in [-0.2, -0.15) is 0 Å². The van der Waals surface area contributed by atoms with Crippen LogP contribution >= 0.6 is 0 Å². The third-order valence-corrected chi connectivity index (χ3v) is 4.51. The second kappa shape index (κ2) is 5.28. The fourth-order valence-electron chi connectivity index (χ4n) is 1.66. The quantitative estimate of drug-likeness (QED) is 0.725. The van der Waals surface area contributed by atoms with Crippen molar-refractivity contribution in [3.8, 4) is 0 Å². The van der Waals surface area contributed by atoms with Crippen LogP contribution in [0.25, 0.3) is 0 Å². The Morgan fingerprint density at radius 3 is 2.68 bits per heavy atom. The Kier molecular flexibility index (Phi) is 3.88. The van der Waals surface area contributed by atoms with E-state index in [1.807, 2.05) is 0 Å². The average Bonchev–Trinajstić information content (AvgIpc) is 3.14. The molecule has 4 N–H and O–H groups in total. The van der Waals surface area contributed by atoms with Crippen LogP contribution in [0.3, 0.4) is 0 Å². The first-order valence-corrected chi connectivity index (χ1v) is 7.53. The zero-order valence-corrected chi connectivity index (χ0v) is 11.5. The lowest BCUT2D eigenvalue weighted by Crippen LogP contribution is -2.27. The lowest BCUT2D eigenvalue weighted by atomic mass is 10.2. The summed E-state index contributed by atoms with van der Waals surface area (Å²) in [7, 11) is -3.53. The zero-order valence-electron chi connectivity index (χ0n) is 10.6. The fourth-order valence-corrected chi connectivity index (χ4v) is 3.24. The van der Waals surface area contributed by atoms with Crippen LogP contribution in [-0.4, -0.2) is 26.9 Å². The molecular formula is C12H17N3O3S. The number of rotatable bonds is 5. The van der Waals surface area contributed by atoms with Gasteiger partial charge < -0.3 is 11.1 Å². The maximum absolute atomic E-state index is 12.2. The van der Waals surface area contributed by atoms with Crippen molar-refractivity contribution in [1.82, 2.24) is 4.72 Å². The van der Waals surface area contributed by atoms with E-state index in [1.54, 1.807) is 19.1 Å². The third kappa shape index (κ3) is 3.52. The highest BCUT2D eigenvalue weighted by atomic mass is 32.2. The van der Waals surface area contributed by atoms with E-state index < -0.39 is 10.0 Å². The summed E-state index contributed by atoms with van der Waals surface area (Å²) in [6, 6.07) is 4.81. The Morgan fingerprint density at radius 1 is 1.42 bits per heavy atom. The molecule has 7 heteroatoms. The van der Waals surface area contributed by atoms with Crippen molar-refractivity contribution in [2.75, 3.05) is 11.9 Å². The van der Waals surface area contributed by atoms with E-state index in [2.05, 4.69) is 10.0 Å². The van der Waals surface area contributed by atoms with Gasteiger partial charge in [-0.3, -0.25) is 4.79 Å². The maximum Gasteiger partial charge on any atom is 0.241 e. The molecule has 2 rings (SSSR count). The van der Waals surface area contributed by atoms with Crippen molar-refractivity contribution in [3.63, 3.8) is 0 Å². The minimum atomic E-state index is -3.53. The maximum atomic E-state index is 12.2. The number of carbonyl (C=O) groups is 1. The van der Waals surface area contributed by atoms with Crippen LogP contribution in [0.2, 0.25) is 0 Å². The minimum Gasteiger partial charge on any atom is -0.325 e. The minimum absolute atomic E-state index is 0.0479. The summed E-state index contributed by atoms with van der Waals surface area (Å²) in [5.74, 6) is -0.359. The van der Waals surface area contributed by atoms with Crippen molar-refractivity contribution in [3.05, 3.63) is 23.8 Å². The molecule has 1 fully saturated rings. The number of hydrogen-bond donors (Lipinski definition) is 3. The monoisotopic (exact) mass is 283 g/mol. The number of nitrogens with one attached hydrogen (secondary N) is 2. The molecule has 0 saturated heterocycles. The SMILES string of the molecule is Cc1ccc(NC(=O)CN)cc1S(=O)(=O)NC1CC1. The summed E-state index contributed by atoms with van der Waals surface area (Å²) in [4.78, 5) is 11.4. The molecule has 104 valence electrons. The Labute approximate surface area is 112 Å². The van der Waals surface area contributed by atoms with Crippen LogP contribution in [-0.2, 0) is 14.8 Å². The summed E-state index contributed by atoms with van der Waals surface area (Å²) < 4.78 is 26.9. The summed E-state index contributed by atoms with van der Waals surface area (Å²) in [5.41, 5.74) is 6.27. The Hall–Kier alpha value is -1.44. The first kappa shape index (κ1) is 14.0. The largest absolute Gasteiger partial charge is 0.325 e. The van der Waals surface area contributed by atoms with Gasteiger partial charge in [0.05, 0.1) is 11.4 Å². The first-order chi connectivity index (χ1) is 8.92. The van der Waals surface area contributed by atoms with Gasteiger partial charge in [0.25, 0.3) is 0 Å². The lowest BCUT2D eigenvalue weighted by molar-refractivity contribution is -0.114. The van der Waals surface area contributed by atoms with Gasteiger partial charge in [0.2, 0.25) is 15.9 Å². The fraction of sp³-hybridized carbons (Fsp3) is 0.417. The number of sulfonamides is 1. The molecule has 1 aromatic rings.